The van der Waals surface area contributed by atoms with Gasteiger partial charge in [-0.1, -0.05) is 0 Å². The summed E-state index contributed by atoms with van der Waals surface area (Å²) in [6.45, 7) is 0. The smallest absolute Gasteiger partial charge is 0.363 e. The molecule has 0 amide bonds. The number of rotatable bonds is 6. The van der Waals surface area contributed by atoms with Crippen molar-refractivity contribution in [1.29, 1.82) is 0 Å². The molecule has 1 aliphatic heterocycles. The van der Waals surface area contributed by atoms with Crippen LogP contribution in [0.4, 0.5) is 0 Å². The van der Waals surface area contributed by atoms with Crippen molar-refractivity contribution >= 4 is 17.9 Å². The van der Waals surface area contributed by atoms with Crippen LogP contribution < -0.4 is 18.9 Å². The second-order valence-electron chi connectivity index (χ2n) is 5.51. The van der Waals surface area contributed by atoms with Crippen LogP contribution in [-0.2, 0) is 9.53 Å². The van der Waals surface area contributed by atoms with Crippen LogP contribution in [-0.4, -0.2) is 40.3 Å². The molecule has 27 heavy (non-hydrogen) atoms. The van der Waals surface area contributed by atoms with E-state index in [2.05, 4.69) is 4.99 Å². The van der Waals surface area contributed by atoms with Gasteiger partial charge in [-0.2, -0.15) is 0 Å². The average Bonchev–Trinajstić information content (AvgIpc) is 3.08. The van der Waals surface area contributed by atoms with E-state index in [4.69, 9.17) is 23.7 Å². The maximum absolute atomic E-state index is 12.2. The van der Waals surface area contributed by atoms with E-state index >= 15 is 0 Å². The van der Waals surface area contributed by atoms with Gasteiger partial charge in [0.25, 0.3) is 0 Å². The number of benzene rings is 2. The Morgan fingerprint density at radius 1 is 0.852 bits per heavy atom. The zero-order chi connectivity index (χ0) is 19.4. The van der Waals surface area contributed by atoms with Gasteiger partial charge in [0.05, 0.1) is 28.4 Å². The van der Waals surface area contributed by atoms with Gasteiger partial charge in [0.1, 0.15) is 11.5 Å². The van der Waals surface area contributed by atoms with Crippen LogP contribution >= 0.6 is 0 Å². The summed E-state index contributed by atoms with van der Waals surface area (Å²) in [5.74, 6) is 1.95. The van der Waals surface area contributed by atoms with Crippen LogP contribution in [0.3, 0.4) is 0 Å². The van der Waals surface area contributed by atoms with E-state index in [0.717, 1.165) is 0 Å². The number of carbonyl (C=O) groups excluding carboxylic acids is 1. The number of aliphatic imine (C=N–C) groups is 1. The minimum atomic E-state index is -0.544. The zero-order valence-corrected chi connectivity index (χ0v) is 15.4. The lowest BCUT2D eigenvalue weighted by Crippen LogP contribution is -2.06. The fourth-order valence-corrected chi connectivity index (χ4v) is 2.59. The van der Waals surface area contributed by atoms with E-state index in [1.54, 1.807) is 63.8 Å². The molecule has 0 fully saturated rings. The molecule has 0 saturated heterocycles. The average molecular weight is 369 g/mol. The number of methoxy groups -OCH3 is 4. The second kappa shape index (κ2) is 7.82. The number of hydrogen-bond donors (Lipinski definition) is 0. The van der Waals surface area contributed by atoms with Crippen LogP contribution in [0.25, 0.3) is 6.08 Å². The van der Waals surface area contributed by atoms with Crippen LogP contribution in [0.1, 0.15) is 11.1 Å². The highest BCUT2D eigenvalue weighted by atomic mass is 16.6. The van der Waals surface area contributed by atoms with Crippen LogP contribution in [0.2, 0.25) is 0 Å². The van der Waals surface area contributed by atoms with Gasteiger partial charge >= 0.3 is 5.97 Å². The first-order chi connectivity index (χ1) is 13.1. The normalized spacial score (nSPS) is 14.6. The molecule has 0 radical (unpaired) electrons. The molecule has 0 aromatic heterocycles. The lowest BCUT2D eigenvalue weighted by molar-refractivity contribution is -0.129. The summed E-state index contributed by atoms with van der Waals surface area (Å²) in [5, 5.41) is 0. The summed E-state index contributed by atoms with van der Waals surface area (Å²) in [6.07, 6.45) is 1.61. The van der Waals surface area contributed by atoms with E-state index in [1.165, 1.54) is 7.11 Å². The molecule has 0 bridgehead atoms. The second-order valence-corrected chi connectivity index (χ2v) is 5.51. The van der Waals surface area contributed by atoms with Gasteiger partial charge in [-0.15, -0.1) is 0 Å². The Morgan fingerprint density at radius 2 is 1.59 bits per heavy atom. The summed E-state index contributed by atoms with van der Waals surface area (Å²) < 4.78 is 26.3. The number of carbonyl (C=O) groups is 1. The third-order valence-corrected chi connectivity index (χ3v) is 3.98. The van der Waals surface area contributed by atoms with E-state index in [0.29, 0.717) is 34.1 Å². The largest absolute Gasteiger partial charge is 0.497 e. The van der Waals surface area contributed by atoms with Crippen molar-refractivity contribution in [3.8, 4) is 23.0 Å². The van der Waals surface area contributed by atoms with Crippen LogP contribution in [0.5, 0.6) is 23.0 Å². The monoisotopic (exact) mass is 369 g/mol. The van der Waals surface area contributed by atoms with Crippen molar-refractivity contribution in [3.63, 3.8) is 0 Å². The number of nitrogens with zero attached hydrogens (tertiary/aromatic N) is 1. The highest BCUT2D eigenvalue weighted by Gasteiger charge is 2.25. The lowest BCUT2D eigenvalue weighted by atomic mass is 10.1. The minimum Gasteiger partial charge on any atom is -0.497 e. The van der Waals surface area contributed by atoms with Crippen molar-refractivity contribution in [2.45, 2.75) is 0 Å². The van der Waals surface area contributed by atoms with E-state index in [-0.39, 0.29) is 11.6 Å². The Labute approximate surface area is 156 Å². The molecule has 7 heteroatoms. The molecule has 1 aliphatic rings. The van der Waals surface area contributed by atoms with Gasteiger partial charge < -0.3 is 23.7 Å². The van der Waals surface area contributed by atoms with Crippen LogP contribution in [0, 0.1) is 0 Å². The fourth-order valence-electron chi connectivity index (χ4n) is 2.59. The van der Waals surface area contributed by atoms with E-state index in [9.17, 15) is 4.79 Å². The van der Waals surface area contributed by atoms with Gasteiger partial charge in [0.2, 0.25) is 5.90 Å². The third kappa shape index (κ3) is 3.72. The Hall–Kier alpha value is -3.48. The maximum Gasteiger partial charge on any atom is 0.363 e. The first-order valence-corrected chi connectivity index (χ1v) is 8.06. The molecule has 7 nitrogen and oxygen atoms in total. The SMILES string of the molecule is COc1ccc(/C=C2\N=C(c3ccc(OC)c(OC)c3)OC2=O)c(OC)c1. The molecule has 3 rings (SSSR count). The minimum absolute atomic E-state index is 0.170. The van der Waals surface area contributed by atoms with Crippen molar-refractivity contribution in [2.24, 2.45) is 4.99 Å². The quantitative estimate of drug-likeness (QED) is 0.575. The fraction of sp³-hybridized carbons (Fsp3) is 0.200. The van der Waals surface area contributed by atoms with E-state index in [1.807, 2.05) is 0 Å². The summed E-state index contributed by atoms with van der Waals surface area (Å²) in [7, 11) is 6.20. The molecule has 0 unspecified atom stereocenters. The lowest BCUT2D eigenvalue weighted by Gasteiger charge is -2.08. The standard InChI is InChI=1S/C20H19NO6/c1-23-14-7-5-12(17(11-14)25-3)9-15-20(22)27-19(21-15)13-6-8-16(24-2)18(10-13)26-4/h5-11H,1-4H3/b15-9-. The van der Waals surface area contributed by atoms with Crippen molar-refractivity contribution in [3.05, 3.63) is 53.2 Å². The van der Waals surface area contributed by atoms with E-state index < -0.39 is 5.97 Å². The number of ether oxygens (including phenoxy) is 5. The molecule has 0 atom stereocenters. The van der Waals surface area contributed by atoms with Crippen molar-refractivity contribution in [2.75, 3.05) is 28.4 Å². The molecule has 0 aliphatic carbocycles. The molecule has 2 aromatic carbocycles. The van der Waals surface area contributed by atoms with Gasteiger partial charge in [-0.25, -0.2) is 9.79 Å². The molecule has 0 N–H and O–H groups in total. The van der Waals surface area contributed by atoms with Crippen LogP contribution in [0.15, 0.2) is 47.1 Å². The zero-order valence-electron chi connectivity index (χ0n) is 15.4. The Kier molecular flexibility index (Phi) is 5.30. The topological polar surface area (TPSA) is 75.6 Å². The highest BCUT2D eigenvalue weighted by Crippen LogP contribution is 2.31. The summed E-state index contributed by atoms with van der Waals surface area (Å²) in [6, 6.07) is 10.4. The predicted molar refractivity (Wildman–Crippen MR) is 99.7 cm³/mol. The summed E-state index contributed by atoms with van der Waals surface area (Å²) in [5.41, 5.74) is 1.46. The molecule has 0 saturated carbocycles. The number of esters is 1. The molecular formula is C20H19NO6. The Bertz CT molecular complexity index is 932. The Balaban J connectivity index is 1.96. The van der Waals surface area contributed by atoms with Gasteiger partial charge in [0, 0.05) is 17.2 Å². The van der Waals surface area contributed by atoms with Crippen molar-refractivity contribution in [1.82, 2.24) is 0 Å². The van der Waals surface area contributed by atoms with Gasteiger partial charge in [0.15, 0.2) is 17.2 Å². The highest BCUT2D eigenvalue weighted by molar-refractivity contribution is 6.13. The molecule has 0 spiro atoms. The summed E-state index contributed by atoms with van der Waals surface area (Å²) in [4.78, 5) is 16.5. The first-order valence-electron chi connectivity index (χ1n) is 8.06. The predicted octanol–water partition coefficient (Wildman–Crippen LogP) is 3.07. The Morgan fingerprint density at radius 3 is 2.26 bits per heavy atom. The maximum atomic E-state index is 12.2. The number of hydrogen-bond acceptors (Lipinski definition) is 7. The number of cyclic esters (lactones) is 1. The third-order valence-electron chi connectivity index (χ3n) is 3.98. The molecule has 140 valence electrons. The van der Waals surface area contributed by atoms with Gasteiger partial charge in [-0.05, 0) is 36.4 Å². The van der Waals surface area contributed by atoms with Crippen molar-refractivity contribution < 1.29 is 28.5 Å². The molecular weight excluding hydrogens is 350 g/mol. The summed E-state index contributed by atoms with van der Waals surface area (Å²) >= 11 is 0. The van der Waals surface area contributed by atoms with Gasteiger partial charge in [-0.3, -0.25) is 0 Å². The molecule has 1 heterocycles. The molecule has 2 aromatic rings. The first kappa shape index (κ1) is 18.3.